The average Bonchev–Trinajstić information content (AvgIpc) is 3.16. The second-order valence-corrected chi connectivity index (χ2v) is 8.46. The van der Waals surface area contributed by atoms with Crippen LogP contribution in [-0.4, -0.2) is 51.5 Å². The average molecular weight is 475 g/mol. The summed E-state index contributed by atoms with van der Waals surface area (Å²) in [4.78, 5) is 28.9. The zero-order valence-electron chi connectivity index (χ0n) is 20.1. The van der Waals surface area contributed by atoms with E-state index in [9.17, 15) is 14.0 Å². The number of ether oxygens (including phenoxy) is 1. The van der Waals surface area contributed by atoms with Gasteiger partial charge < -0.3 is 25.2 Å². The van der Waals surface area contributed by atoms with Gasteiger partial charge in [-0.1, -0.05) is 30.3 Å². The third-order valence-corrected chi connectivity index (χ3v) is 5.67. The summed E-state index contributed by atoms with van der Waals surface area (Å²) in [6.45, 7) is 0.263. The Morgan fingerprint density at radius 1 is 1.03 bits per heavy atom. The van der Waals surface area contributed by atoms with E-state index in [1.165, 1.54) is 12.1 Å². The monoisotopic (exact) mass is 474 g/mol. The van der Waals surface area contributed by atoms with E-state index in [4.69, 9.17) is 4.74 Å². The lowest BCUT2D eigenvalue weighted by Gasteiger charge is -2.23. The maximum absolute atomic E-state index is 13.8. The van der Waals surface area contributed by atoms with Gasteiger partial charge in [0.2, 0.25) is 5.91 Å². The smallest absolute Gasteiger partial charge is 0.258 e. The van der Waals surface area contributed by atoms with Gasteiger partial charge in [0.15, 0.2) is 0 Å². The predicted molar refractivity (Wildman–Crippen MR) is 137 cm³/mol. The summed E-state index contributed by atoms with van der Waals surface area (Å²) in [6.07, 6.45) is 0. The molecule has 0 unspecified atom stereocenters. The zero-order valence-corrected chi connectivity index (χ0v) is 20.1. The fraction of sp³-hybridized carbons (Fsp3) is 0.185. The molecule has 0 fully saturated rings. The number of fused-ring (bicyclic) bond motifs is 1. The predicted octanol–water partition coefficient (Wildman–Crippen LogP) is 4.29. The number of halogens is 1. The van der Waals surface area contributed by atoms with Crippen LogP contribution in [-0.2, 0) is 9.59 Å². The van der Waals surface area contributed by atoms with Crippen molar-refractivity contribution in [1.82, 2.24) is 4.90 Å². The summed E-state index contributed by atoms with van der Waals surface area (Å²) in [6, 6.07) is 19.1. The van der Waals surface area contributed by atoms with Gasteiger partial charge in [0.1, 0.15) is 11.6 Å². The normalized spacial score (nSPS) is 13.8. The van der Waals surface area contributed by atoms with Crippen LogP contribution >= 0.6 is 0 Å². The van der Waals surface area contributed by atoms with E-state index in [1.807, 2.05) is 50.5 Å². The highest BCUT2D eigenvalue weighted by atomic mass is 19.1. The third-order valence-electron chi connectivity index (χ3n) is 5.67. The molecule has 1 heterocycles. The van der Waals surface area contributed by atoms with Crippen LogP contribution in [0, 0.1) is 5.82 Å². The first kappa shape index (κ1) is 24.0. The fourth-order valence-electron chi connectivity index (χ4n) is 3.96. The van der Waals surface area contributed by atoms with Gasteiger partial charge in [-0.3, -0.25) is 9.59 Å². The summed E-state index contributed by atoms with van der Waals surface area (Å²) < 4.78 is 19.4. The Bertz CT molecular complexity index is 1310. The summed E-state index contributed by atoms with van der Waals surface area (Å²) in [5, 5.41) is 6.11. The molecule has 0 saturated carbocycles. The van der Waals surface area contributed by atoms with Gasteiger partial charge in [0, 0.05) is 24.4 Å². The van der Waals surface area contributed by atoms with E-state index in [0.717, 1.165) is 5.56 Å². The lowest BCUT2D eigenvalue weighted by atomic mass is 10.00. The maximum Gasteiger partial charge on any atom is 0.258 e. The molecule has 3 aromatic carbocycles. The number of amides is 2. The molecule has 35 heavy (non-hydrogen) atoms. The van der Waals surface area contributed by atoms with Crippen LogP contribution in [0.1, 0.15) is 11.1 Å². The number of carbonyl (C=O) groups is 2. The molecule has 1 aliphatic rings. The van der Waals surface area contributed by atoms with E-state index in [1.54, 1.807) is 42.2 Å². The Morgan fingerprint density at radius 3 is 2.46 bits per heavy atom. The molecule has 4 rings (SSSR count). The molecule has 0 aliphatic carbocycles. The van der Waals surface area contributed by atoms with Crippen molar-refractivity contribution >= 4 is 40.1 Å². The molecule has 7 nitrogen and oxygen atoms in total. The third kappa shape index (κ3) is 5.02. The minimum absolute atomic E-state index is 0.0763. The first-order chi connectivity index (χ1) is 16.8. The molecule has 2 N–H and O–H groups in total. The number of nitrogens with one attached hydrogen (secondary N) is 2. The van der Waals surface area contributed by atoms with Crippen LogP contribution in [0.25, 0.3) is 11.3 Å². The topological polar surface area (TPSA) is 73.9 Å². The highest BCUT2D eigenvalue weighted by molar-refractivity contribution is 6.37. The maximum atomic E-state index is 13.8. The first-order valence-corrected chi connectivity index (χ1v) is 11.1. The van der Waals surface area contributed by atoms with Crippen molar-refractivity contribution in [3.05, 3.63) is 83.7 Å². The van der Waals surface area contributed by atoms with Crippen LogP contribution in [0.5, 0.6) is 5.75 Å². The van der Waals surface area contributed by atoms with Crippen LogP contribution in [0.4, 0.5) is 21.5 Å². The second-order valence-electron chi connectivity index (χ2n) is 8.46. The molecule has 180 valence electrons. The number of hydrogen-bond donors (Lipinski definition) is 2. The van der Waals surface area contributed by atoms with E-state index < -0.39 is 5.82 Å². The van der Waals surface area contributed by atoms with E-state index >= 15 is 0 Å². The van der Waals surface area contributed by atoms with Gasteiger partial charge >= 0.3 is 0 Å². The Hall–Kier alpha value is -4.17. The molecule has 0 aromatic heterocycles. The number of hydrogen-bond acceptors (Lipinski definition) is 5. The second kappa shape index (κ2) is 9.99. The number of benzene rings is 3. The van der Waals surface area contributed by atoms with Gasteiger partial charge in [-0.2, -0.15) is 0 Å². The fourth-order valence-corrected chi connectivity index (χ4v) is 3.96. The van der Waals surface area contributed by atoms with Crippen LogP contribution in [0.2, 0.25) is 0 Å². The SMILES string of the molecule is COc1cc(N/C(=C2\C(=O)Nc3cc(F)ccc32)c2ccccc2)ccc1N(C)C(=O)CN(C)C. The van der Waals surface area contributed by atoms with E-state index in [-0.39, 0.29) is 18.4 Å². The quantitative estimate of drug-likeness (QED) is 0.500. The summed E-state index contributed by atoms with van der Waals surface area (Å²) >= 11 is 0. The number of anilines is 3. The van der Waals surface area contributed by atoms with Crippen molar-refractivity contribution in [3.63, 3.8) is 0 Å². The van der Waals surface area contributed by atoms with Gasteiger partial charge in [-0.25, -0.2) is 4.39 Å². The lowest BCUT2D eigenvalue weighted by Crippen LogP contribution is -2.35. The molecular weight excluding hydrogens is 447 g/mol. The largest absolute Gasteiger partial charge is 0.494 e. The number of methoxy groups -OCH3 is 1. The van der Waals surface area contributed by atoms with Crippen LogP contribution in [0.3, 0.4) is 0 Å². The number of likely N-dealkylation sites (N-methyl/N-ethyl adjacent to an activating group) is 2. The Morgan fingerprint density at radius 2 is 1.77 bits per heavy atom. The van der Waals surface area contributed by atoms with Crippen molar-refractivity contribution in [3.8, 4) is 5.75 Å². The lowest BCUT2D eigenvalue weighted by molar-refractivity contribution is -0.119. The van der Waals surface area contributed by atoms with Crippen molar-refractivity contribution in [1.29, 1.82) is 0 Å². The molecule has 0 atom stereocenters. The Balaban J connectivity index is 1.77. The summed E-state index contributed by atoms with van der Waals surface area (Å²) in [5.41, 5.74) is 4.09. The van der Waals surface area contributed by atoms with Crippen LogP contribution < -0.4 is 20.3 Å². The van der Waals surface area contributed by atoms with E-state index in [0.29, 0.717) is 39.6 Å². The van der Waals surface area contributed by atoms with Gasteiger partial charge in [0.05, 0.1) is 36.3 Å². The first-order valence-electron chi connectivity index (χ1n) is 11.1. The number of rotatable bonds is 7. The van der Waals surface area contributed by atoms with Crippen molar-refractivity contribution in [2.45, 2.75) is 0 Å². The zero-order chi connectivity index (χ0) is 25.1. The van der Waals surface area contributed by atoms with Gasteiger partial charge in [-0.05, 0) is 50.0 Å². The van der Waals surface area contributed by atoms with Gasteiger partial charge in [-0.15, -0.1) is 0 Å². The number of carbonyl (C=O) groups excluding carboxylic acids is 2. The number of nitrogens with zero attached hydrogens (tertiary/aromatic N) is 2. The molecule has 3 aromatic rings. The van der Waals surface area contributed by atoms with Crippen molar-refractivity contribution < 1.29 is 18.7 Å². The summed E-state index contributed by atoms with van der Waals surface area (Å²) in [5.74, 6) is -0.324. The highest BCUT2D eigenvalue weighted by Crippen LogP contribution is 2.39. The Kier molecular flexibility index (Phi) is 6.84. The van der Waals surface area contributed by atoms with Crippen molar-refractivity contribution in [2.75, 3.05) is 50.3 Å². The summed E-state index contributed by atoms with van der Waals surface area (Å²) in [7, 11) is 6.91. The minimum Gasteiger partial charge on any atom is -0.494 e. The molecule has 0 spiro atoms. The molecule has 0 saturated heterocycles. The van der Waals surface area contributed by atoms with Crippen LogP contribution in [0.15, 0.2) is 66.7 Å². The van der Waals surface area contributed by atoms with Gasteiger partial charge in [0.25, 0.3) is 5.91 Å². The minimum atomic E-state index is -0.423. The highest BCUT2D eigenvalue weighted by Gasteiger charge is 2.29. The van der Waals surface area contributed by atoms with Crippen molar-refractivity contribution in [2.24, 2.45) is 0 Å². The molecule has 2 amide bonds. The standard InChI is InChI=1S/C27H27FN4O3/c1-31(2)16-24(33)32(3)22-13-11-19(15-23(22)35-4)29-26(17-8-6-5-7-9-17)25-20-12-10-18(28)14-21(20)30-27(25)34/h5-15,29H,16H2,1-4H3,(H,30,34)/b26-25-. The molecule has 0 bridgehead atoms. The Labute approximate surface area is 203 Å². The molecule has 1 aliphatic heterocycles. The molecular formula is C27H27FN4O3. The molecule has 8 heteroatoms. The molecule has 0 radical (unpaired) electrons. The van der Waals surface area contributed by atoms with E-state index in [2.05, 4.69) is 10.6 Å².